The molecule has 0 amide bonds. The quantitative estimate of drug-likeness (QED) is 0.540. The highest BCUT2D eigenvalue weighted by Crippen LogP contribution is 2.32. The van der Waals surface area contributed by atoms with Crippen molar-refractivity contribution in [2.24, 2.45) is 0 Å². The van der Waals surface area contributed by atoms with E-state index in [1.165, 1.54) is 0 Å². The maximum absolute atomic E-state index is 12.6. The van der Waals surface area contributed by atoms with Crippen LogP contribution in [0.15, 0.2) is 71.6 Å². The van der Waals surface area contributed by atoms with Crippen LogP contribution >= 0.6 is 11.6 Å². The molecule has 3 aromatic carbocycles. The standard InChI is InChI=1S/C22H20ClNO5S/c1-15-4-2-3-5-21(15)30(27,28)24-13-16-6-11-20(29-14-22(25)26)19(12-16)17-7-9-18(23)10-8-17/h2-12,24H,13-14H2,1H3,(H,25,26). The van der Waals surface area contributed by atoms with Gasteiger partial charge in [-0.05, 0) is 53.9 Å². The molecule has 0 atom stereocenters. The number of aryl methyl sites for hydroxylation is 1. The summed E-state index contributed by atoms with van der Waals surface area (Å²) >= 11 is 5.96. The third-order valence-electron chi connectivity index (χ3n) is 4.40. The molecule has 0 unspecified atom stereocenters. The minimum Gasteiger partial charge on any atom is -0.481 e. The highest BCUT2D eigenvalue weighted by atomic mass is 35.5. The predicted molar refractivity (Wildman–Crippen MR) is 115 cm³/mol. The summed E-state index contributed by atoms with van der Waals surface area (Å²) in [4.78, 5) is 11.1. The van der Waals surface area contributed by atoms with Gasteiger partial charge in [0.1, 0.15) is 5.75 Å². The molecular formula is C22H20ClNO5S. The van der Waals surface area contributed by atoms with Crippen LogP contribution in [-0.2, 0) is 21.4 Å². The van der Waals surface area contributed by atoms with Gasteiger partial charge in [0, 0.05) is 17.1 Å². The van der Waals surface area contributed by atoms with Crippen molar-refractivity contribution in [1.29, 1.82) is 0 Å². The molecule has 0 saturated heterocycles. The number of aliphatic carboxylic acids is 1. The van der Waals surface area contributed by atoms with E-state index in [2.05, 4.69) is 4.72 Å². The molecule has 0 aliphatic rings. The van der Waals surface area contributed by atoms with E-state index >= 15 is 0 Å². The zero-order chi connectivity index (χ0) is 21.7. The number of hydrogen-bond acceptors (Lipinski definition) is 4. The van der Waals surface area contributed by atoms with E-state index < -0.39 is 22.6 Å². The second-order valence-corrected chi connectivity index (χ2v) is 8.78. The van der Waals surface area contributed by atoms with Crippen molar-refractivity contribution in [2.45, 2.75) is 18.4 Å². The maximum atomic E-state index is 12.6. The zero-order valence-electron chi connectivity index (χ0n) is 16.1. The van der Waals surface area contributed by atoms with Gasteiger partial charge in [0.15, 0.2) is 6.61 Å². The third-order valence-corrected chi connectivity index (χ3v) is 6.21. The number of benzene rings is 3. The molecule has 0 heterocycles. The van der Waals surface area contributed by atoms with Crippen molar-refractivity contribution in [1.82, 2.24) is 4.72 Å². The average molecular weight is 446 g/mol. The maximum Gasteiger partial charge on any atom is 0.341 e. The highest BCUT2D eigenvalue weighted by molar-refractivity contribution is 7.89. The second-order valence-electron chi connectivity index (χ2n) is 6.61. The number of rotatable bonds is 8. The molecule has 0 fully saturated rings. The van der Waals surface area contributed by atoms with Gasteiger partial charge in [-0.1, -0.05) is 48.0 Å². The Morgan fingerprint density at radius 3 is 2.43 bits per heavy atom. The molecule has 0 aliphatic heterocycles. The van der Waals surface area contributed by atoms with Crippen LogP contribution in [0.3, 0.4) is 0 Å². The van der Waals surface area contributed by atoms with Gasteiger partial charge >= 0.3 is 5.97 Å². The van der Waals surface area contributed by atoms with Crippen molar-refractivity contribution in [3.05, 3.63) is 82.9 Å². The molecule has 0 aromatic heterocycles. The predicted octanol–water partition coefficient (Wildman–Crippen LogP) is 4.26. The monoisotopic (exact) mass is 445 g/mol. The molecule has 0 aliphatic carbocycles. The van der Waals surface area contributed by atoms with E-state index in [1.807, 2.05) is 0 Å². The number of carboxylic acid groups (broad SMARTS) is 1. The van der Waals surface area contributed by atoms with Gasteiger partial charge in [-0.25, -0.2) is 17.9 Å². The normalized spacial score (nSPS) is 11.3. The molecule has 0 saturated carbocycles. The minimum absolute atomic E-state index is 0.0659. The van der Waals surface area contributed by atoms with Crippen LogP contribution in [0, 0.1) is 6.92 Å². The van der Waals surface area contributed by atoms with Crippen LogP contribution in [0.2, 0.25) is 5.02 Å². The van der Waals surface area contributed by atoms with Crippen LogP contribution in [0.4, 0.5) is 0 Å². The van der Waals surface area contributed by atoms with E-state index in [1.54, 1.807) is 73.7 Å². The topological polar surface area (TPSA) is 92.7 Å². The summed E-state index contributed by atoms with van der Waals surface area (Å²) in [5, 5.41) is 9.48. The summed E-state index contributed by atoms with van der Waals surface area (Å²) in [6, 6.07) is 18.8. The second kappa shape index (κ2) is 9.30. The first-order chi connectivity index (χ1) is 14.3. The number of nitrogens with one attached hydrogen (secondary N) is 1. The Morgan fingerprint density at radius 2 is 1.77 bits per heavy atom. The number of sulfonamides is 1. The summed E-state index contributed by atoms with van der Waals surface area (Å²) in [5.74, 6) is -0.711. The summed E-state index contributed by atoms with van der Waals surface area (Å²) in [5.41, 5.74) is 2.76. The number of carbonyl (C=O) groups is 1. The Hall–Kier alpha value is -2.87. The van der Waals surface area contributed by atoms with Gasteiger partial charge in [0.2, 0.25) is 10.0 Å². The van der Waals surface area contributed by atoms with Crippen LogP contribution in [0.1, 0.15) is 11.1 Å². The molecule has 2 N–H and O–H groups in total. The molecule has 30 heavy (non-hydrogen) atoms. The third kappa shape index (κ3) is 5.38. The first-order valence-electron chi connectivity index (χ1n) is 9.05. The van der Waals surface area contributed by atoms with Crippen LogP contribution in [0.5, 0.6) is 5.75 Å². The van der Waals surface area contributed by atoms with E-state index in [-0.39, 0.29) is 11.4 Å². The van der Waals surface area contributed by atoms with Gasteiger partial charge in [-0.2, -0.15) is 0 Å². The first-order valence-corrected chi connectivity index (χ1v) is 10.9. The molecule has 0 bridgehead atoms. The van der Waals surface area contributed by atoms with Crippen molar-refractivity contribution in [3.8, 4) is 16.9 Å². The van der Waals surface area contributed by atoms with Gasteiger partial charge in [-0.3, -0.25) is 0 Å². The fourth-order valence-corrected chi connectivity index (χ4v) is 4.31. The van der Waals surface area contributed by atoms with Gasteiger partial charge in [0.05, 0.1) is 4.90 Å². The first kappa shape index (κ1) is 21.8. The number of ether oxygens (including phenoxy) is 1. The van der Waals surface area contributed by atoms with Gasteiger partial charge in [0.25, 0.3) is 0 Å². The van der Waals surface area contributed by atoms with Crippen molar-refractivity contribution in [3.63, 3.8) is 0 Å². The van der Waals surface area contributed by atoms with Crippen molar-refractivity contribution in [2.75, 3.05) is 6.61 Å². The molecule has 156 valence electrons. The van der Waals surface area contributed by atoms with E-state index in [0.717, 1.165) is 5.56 Å². The number of hydrogen-bond donors (Lipinski definition) is 2. The van der Waals surface area contributed by atoms with Gasteiger partial charge in [-0.15, -0.1) is 0 Å². The Labute approximate surface area is 180 Å². The van der Waals surface area contributed by atoms with Crippen LogP contribution < -0.4 is 9.46 Å². The molecule has 0 radical (unpaired) electrons. The summed E-state index contributed by atoms with van der Waals surface area (Å²) in [6.45, 7) is 1.32. The Bertz CT molecular complexity index is 1160. The summed E-state index contributed by atoms with van der Waals surface area (Å²) < 4.78 is 33.3. The van der Waals surface area contributed by atoms with Crippen LogP contribution in [0.25, 0.3) is 11.1 Å². The fraction of sp³-hybridized carbons (Fsp3) is 0.136. The Morgan fingerprint density at radius 1 is 1.07 bits per heavy atom. The lowest BCUT2D eigenvalue weighted by atomic mass is 10.0. The van der Waals surface area contributed by atoms with Crippen molar-refractivity contribution >= 4 is 27.6 Å². The summed E-state index contributed by atoms with van der Waals surface area (Å²) in [6.07, 6.45) is 0. The zero-order valence-corrected chi connectivity index (χ0v) is 17.7. The molecular weight excluding hydrogens is 426 g/mol. The molecule has 8 heteroatoms. The Kier molecular flexibility index (Phi) is 6.77. The molecule has 3 aromatic rings. The van der Waals surface area contributed by atoms with E-state index in [9.17, 15) is 13.2 Å². The Balaban J connectivity index is 1.88. The van der Waals surface area contributed by atoms with E-state index in [4.69, 9.17) is 21.4 Å². The minimum atomic E-state index is -3.68. The summed E-state index contributed by atoms with van der Waals surface area (Å²) in [7, 11) is -3.68. The molecule has 3 rings (SSSR count). The smallest absolute Gasteiger partial charge is 0.341 e. The van der Waals surface area contributed by atoms with Crippen LogP contribution in [-0.4, -0.2) is 26.1 Å². The molecule has 0 spiro atoms. The number of halogens is 1. The average Bonchev–Trinajstić information content (AvgIpc) is 2.72. The highest BCUT2D eigenvalue weighted by Gasteiger charge is 2.17. The largest absolute Gasteiger partial charge is 0.481 e. The number of carboxylic acids is 1. The lowest BCUT2D eigenvalue weighted by Gasteiger charge is -2.14. The lowest BCUT2D eigenvalue weighted by molar-refractivity contribution is -0.139. The van der Waals surface area contributed by atoms with E-state index in [0.29, 0.717) is 27.5 Å². The molecule has 6 nitrogen and oxygen atoms in total. The van der Waals surface area contributed by atoms with Gasteiger partial charge < -0.3 is 9.84 Å². The van der Waals surface area contributed by atoms with Crippen molar-refractivity contribution < 1.29 is 23.1 Å². The SMILES string of the molecule is Cc1ccccc1S(=O)(=O)NCc1ccc(OCC(=O)O)c(-c2ccc(Cl)cc2)c1. The fourth-order valence-electron chi connectivity index (χ4n) is 2.92. The lowest BCUT2D eigenvalue weighted by Crippen LogP contribution is -2.24.